The molecule has 0 saturated carbocycles. The molecule has 1 fully saturated rings. The molecule has 148 valence electrons. The summed E-state index contributed by atoms with van der Waals surface area (Å²) in [5, 5.41) is 5.83. The molecule has 2 N–H and O–H groups in total. The van der Waals surface area contributed by atoms with Crippen LogP contribution in [0.25, 0.3) is 0 Å². The summed E-state index contributed by atoms with van der Waals surface area (Å²) in [6.07, 6.45) is 1.52. The smallest absolute Gasteiger partial charge is 0.313 e. The number of methoxy groups -OCH3 is 1. The van der Waals surface area contributed by atoms with Crippen molar-refractivity contribution in [3.63, 3.8) is 0 Å². The van der Waals surface area contributed by atoms with Crippen LogP contribution in [0.5, 0.6) is 5.75 Å². The van der Waals surface area contributed by atoms with Crippen molar-refractivity contribution in [1.82, 2.24) is 5.32 Å². The summed E-state index contributed by atoms with van der Waals surface area (Å²) in [7, 11) is 1.62. The topological polar surface area (TPSA) is 76.7 Å². The third kappa shape index (κ3) is 4.82. The molecule has 2 amide bonds. The monoisotopic (exact) mass is 402 g/mol. The SMILES string of the molecule is COc1ccc(C2(CNC(=O)C(=O)Nc3cccc(Cl)c3)CCOCC2)cc1. The summed E-state index contributed by atoms with van der Waals surface area (Å²) >= 11 is 5.91. The van der Waals surface area contributed by atoms with Crippen LogP contribution in [-0.2, 0) is 19.7 Å². The van der Waals surface area contributed by atoms with Crippen LogP contribution < -0.4 is 15.4 Å². The Morgan fingerprint density at radius 1 is 1.11 bits per heavy atom. The van der Waals surface area contributed by atoms with E-state index < -0.39 is 11.8 Å². The van der Waals surface area contributed by atoms with Crippen molar-refractivity contribution in [2.45, 2.75) is 18.3 Å². The minimum Gasteiger partial charge on any atom is -0.497 e. The number of halogens is 1. The summed E-state index contributed by atoms with van der Waals surface area (Å²) in [6.45, 7) is 1.57. The average Bonchev–Trinajstić information content (AvgIpc) is 2.72. The Balaban J connectivity index is 1.67. The van der Waals surface area contributed by atoms with Gasteiger partial charge in [0, 0.05) is 35.9 Å². The van der Waals surface area contributed by atoms with Crippen molar-refractivity contribution in [2.75, 3.05) is 32.2 Å². The van der Waals surface area contributed by atoms with Crippen molar-refractivity contribution in [3.05, 3.63) is 59.1 Å². The fourth-order valence-corrected chi connectivity index (χ4v) is 3.55. The molecule has 0 radical (unpaired) electrons. The second-order valence-electron chi connectivity index (χ2n) is 6.77. The zero-order chi connectivity index (χ0) is 20.0. The highest BCUT2D eigenvalue weighted by atomic mass is 35.5. The predicted octanol–water partition coefficient (Wildman–Crippen LogP) is 3.15. The van der Waals surface area contributed by atoms with Gasteiger partial charge >= 0.3 is 11.8 Å². The second kappa shape index (κ2) is 9.08. The maximum atomic E-state index is 12.3. The number of nitrogens with one attached hydrogen (secondary N) is 2. The number of hydrogen-bond acceptors (Lipinski definition) is 4. The van der Waals surface area contributed by atoms with E-state index in [0.29, 0.717) is 30.5 Å². The van der Waals surface area contributed by atoms with E-state index in [1.54, 1.807) is 31.4 Å². The highest BCUT2D eigenvalue weighted by molar-refractivity contribution is 6.39. The molecule has 0 spiro atoms. The molecule has 0 bridgehead atoms. The first kappa shape index (κ1) is 20.2. The first-order chi connectivity index (χ1) is 13.5. The standard InChI is InChI=1S/C21H23ClN2O4/c1-27-18-7-5-15(6-8-18)21(9-11-28-12-10-21)14-23-19(25)20(26)24-17-4-2-3-16(22)13-17/h2-8,13H,9-12,14H2,1H3,(H,23,25)(H,24,26). The van der Waals surface area contributed by atoms with E-state index in [1.807, 2.05) is 24.3 Å². The van der Waals surface area contributed by atoms with Crippen LogP contribution in [0.1, 0.15) is 18.4 Å². The molecule has 2 aromatic carbocycles. The third-order valence-electron chi connectivity index (χ3n) is 5.03. The van der Waals surface area contributed by atoms with Crippen LogP contribution in [0.2, 0.25) is 5.02 Å². The van der Waals surface area contributed by atoms with Crippen LogP contribution in [0.15, 0.2) is 48.5 Å². The molecular formula is C21H23ClN2O4. The molecule has 0 aromatic heterocycles. The van der Waals surface area contributed by atoms with E-state index in [9.17, 15) is 9.59 Å². The molecule has 0 aliphatic carbocycles. The molecule has 0 atom stereocenters. The van der Waals surface area contributed by atoms with Crippen molar-refractivity contribution in [3.8, 4) is 5.75 Å². The Kier molecular flexibility index (Phi) is 6.54. The highest BCUT2D eigenvalue weighted by Crippen LogP contribution is 2.35. The van der Waals surface area contributed by atoms with Gasteiger partial charge in [0.2, 0.25) is 0 Å². The first-order valence-electron chi connectivity index (χ1n) is 9.09. The summed E-state index contributed by atoms with van der Waals surface area (Å²) in [5.74, 6) is -0.630. The molecule has 1 aliphatic heterocycles. The second-order valence-corrected chi connectivity index (χ2v) is 7.20. The fraction of sp³-hybridized carbons (Fsp3) is 0.333. The van der Waals surface area contributed by atoms with Gasteiger partial charge in [0.15, 0.2) is 0 Å². The van der Waals surface area contributed by atoms with Crippen molar-refractivity contribution in [1.29, 1.82) is 0 Å². The molecule has 28 heavy (non-hydrogen) atoms. The largest absolute Gasteiger partial charge is 0.497 e. The van der Waals surface area contributed by atoms with Gasteiger partial charge in [0.05, 0.1) is 7.11 Å². The molecule has 0 unspecified atom stereocenters. The molecular weight excluding hydrogens is 380 g/mol. The number of ether oxygens (including phenoxy) is 2. The summed E-state index contributed by atoms with van der Waals surface area (Å²) in [5.41, 5.74) is 1.28. The lowest BCUT2D eigenvalue weighted by molar-refractivity contribution is -0.136. The number of hydrogen-bond donors (Lipinski definition) is 2. The van der Waals surface area contributed by atoms with E-state index in [0.717, 1.165) is 24.2 Å². The number of carbonyl (C=O) groups excluding carboxylic acids is 2. The van der Waals surface area contributed by atoms with Gasteiger partial charge in [-0.15, -0.1) is 0 Å². The van der Waals surface area contributed by atoms with Gasteiger partial charge in [-0.25, -0.2) is 0 Å². The quantitative estimate of drug-likeness (QED) is 0.753. The van der Waals surface area contributed by atoms with Gasteiger partial charge in [-0.2, -0.15) is 0 Å². The summed E-state index contributed by atoms with van der Waals surface area (Å²) < 4.78 is 10.7. The highest BCUT2D eigenvalue weighted by Gasteiger charge is 2.35. The summed E-state index contributed by atoms with van der Waals surface area (Å²) in [6, 6.07) is 14.5. The molecule has 7 heteroatoms. The van der Waals surface area contributed by atoms with Crippen LogP contribution in [0, 0.1) is 0 Å². The Morgan fingerprint density at radius 3 is 2.46 bits per heavy atom. The number of benzene rings is 2. The van der Waals surface area contributed by atoms with Gasteiger partial charge in [-0.1, -0.05) is 29.8 Å². The lowest BCUT2D eigenvalue weighted by atomic mass is 9.74. The summed E-state index contributed by atoms with van der Waals surface area (Å²) in [4.78, 5) is 24.6. The number of anilines is 1. The van der Waals surface area contributed by atoms with E-state index in [-0.39, 0.29) is 5.41 Å². The fourth-order valence-electron chi connectivity index (χ4n) is 3.36. The first-order valence-corrected chi connectivity index (χ1v) is 9.47. The molecule has 3 rings (SSSR count). The maximum Gasteiger partial charge on any atom is 0.313 e. The van der Waals surface area contributed by atoms with E-state index >= 15 is 0 Å². The molecule has 6 nitrogen and oxygen atoms in total. The van der Waals surface area contributed by atoms with E-state index in [1.165, 1.54) is 0 Å². The number of carbonyl (C=O) groups is 2. The lowest BCUT2D eigenvalue weighted by Crippen LogP contribution is -2.47. The minimum absolute atomic E-state index is 0.281. The van der Waals surface area contributed by atoms with Crippen molar-refractivity contribution >= 4 is 29.1 Å². The Labute approximate surface area is 169 Å². The van der Waals surface area contributed by atoms with Gasteiger partial charge in [-0.05, 0) is 48.7 Å². The van der Waals surface area contributed by atoms with Gasteiger partial charge in [0.25, 0.3) is 0 Å². The van der Waals surface area contributed by atoms with Crippen LogP contribution in [0.3, 0.4) is 0 Å². The van der Waals surface area contributed by atoms with Gasteiger partial charge < -0.3 is 20.1 Å². The number of amides is 2. The molecule has 2 aromatic rings. The van der Waals surface area contributed by atoms with E-state index in [4.69, 9.17) is 21.1 Å². The van der Waals surface area contributed by atoms with Crippen LogP contribution in [-0.4, -0.2) is 38.7 Å². The Bertz CT molecular complexity index is 833. The molecule has 1 heterocycles. The minimum atomic E-state index is -0.723. The zero-order valence-electron chi connectivity index (χ0n) is 15.7. The Hall–Kier alpha value is -2.57. The normalized spacial score (nSPS) is 15.5. The van der Waals surface area contributed by atoms with Crippen molar-refractivity contribution in [2.24, 2.45) is 0 Å². The number of rotatable bonds is 5. The third-order valence-corrected chi connectivity index (χ3v) is 5.26. The predicted molar refractivity (Wildman–Crippen MR) is 108 cm³/mol. The molecule has 1 aliphatic rings. The maximum absolute atomic E-state index is 12.3. The van der Waals surface area contributed by atoms with E-state index in [2.05, 4.69) is 10.6 Å². The lowest BCUT2D eigenvalue weighted by Gasteiger charge is -2.38. The van der Waals surface area contributed by atoms with Gasteiger partial charge in [0.1, 0.15) is 5.75 Å². The zero-order valence-corrected chi connectivity index (χ0v) is 16.4. The van der Waals surface area contributed by atoms with Crippen LogP contribution in [0.4, 0.5) is 5.69 Å². The van der Waals surface area contributed by atoms with Gasteiger partial charge in [-0.3, -0.25) is 9.59 Å². The average molecular weight is 403 g/mol. The van der Waals surface area contributed by atoms with Crippen LogP contribution >= 0.6 is 11.6 Å². The molecule has 1 saturated heterocycles. The Morgan fingerprint density at radius 2 is 1.82 bits per heavy atom. The van der Waals surface area contributed by atoms with Crippen molar-refractivity contribution < 1.29 is 19.1 Å².